The van der Waals surface area contributed by atoms with Crippen molar-refractivity contribution in [3.8, 4) is 23.0 Å². The Morgan fingerprint density at radius 3 is 1.29 bits per heavy atom. The van der Waals surface area contributed by atoms with E-state index in [1.807, 2.05) is 40.1 Å². The number of benzene rings is 6. The molecule has 13 heterocycles. The fourth-order valence-electron chi connectivity index (χ4n) is 19.2. The minimum atomic E-state index is -0.759. The van der Waals surface area contributed by atoms with Gasteiger partial charge in [0.2, 0.25) is 10.7 Å². The normalized spacial score (nSPS) is 20.4. The molecule has 0 aromatic heterocycles. The number of rotatable bonds is 7. The van der Waals surface area contributed by atoms with E-state index in [0.29, 0.717) is 68.1 Å². The summed E-state index contributed by atoms with van der Waals surface area (Å²) in [5.41, 5.74) is 21.3. The van der Waals surface area contributed by atoms with Gasteiger partial charge in [0.15, 0.2) is 0 Å². The van der Waals surface area contributed by atoms with E-state index in [0.717, 1.165) is 222 Å². The number of aliphatic carboxylic acids is 1. The van der Waals surface area contributed by atoms with Crippen molar-refractivity contribution in [2.45, 2.75) is 141 Å². The SMILES string of the molecule is O=C(O)C1CCN(C(=O)c2ccccc2C2=c3cc4c5c(c3Oc3c2cc2c6c3CCCN6CCC2)CCC[N+]=5CCC4)CC1.O=C(ON1C(=O)CCC1=O)C1CCN(C(=O)c2ccccc2C2=c3cc4c5c(c3Oc3c2cc2c6c3CCCN6CCC2)CCC[N+]=5CCC4)CC1. The lowest BCUT2D eigenvalue weighted by molar-refractivity contribution is -0.201. The molecule has 0 unspecified atom stereocenters. The molecule has 6 aromatic rings. The number of ether oxygens (including phenoxy) is 2. The number of hydrogen-bond acceptors (Lipinski definition) is 11. The van der Waals surface area contributed by atoms with Crippen LogP contribution < -0.4 is 49.6 Å². The molecule has 0 bridgehead atoms. The average Bonchev–Trinajstić information content (AvgIpc) is 1.03. The van der Waals surface area contributed by atoms with Crippen molar-refractivity contribution in [2.75, 3.05) is 88.3 Å². The number of nitrogens with zero attached hydrogens (tertiary/aromatic N) is 7. The Hall–Kier alpha value is -9.12. The van der Waals surface area contributed by atoms with Gasteiger partial charge in [-0.3, -0.25) is 24.0 Å². The van der Waals surface area contributed by atoms with Crippen LogP contribution in [-0.4, -0.2) is 134 Å². The van der Waals surface area contributed by atoms with E-state index in [9.17, 15) is 33.9 Å². The number of hydrogen-bond donors (Lipinski definition) is 1. The van der Waals surface area contributed by atoms with Crippen LogP contribution in [0, 0.1) is 11.8 Å². The van der Waals surface area contributed by atoms with Gasteiger partial charge in [0.05, 0.1) is 23.0 Å². The molecule has 17 nitrogen and oxygen atoms in total. The second kappa shape index (κ2) is 24.2. The molecule has 3 saturated heterocycles. The Morgan fingerprint density at radius 1 is 0.433 bits per heavy atom. The first kappa shape index (κ1) is 60.3. The van der Waals surface area contributed by atoms with Gasteiger partial charge in [0.1, 0.15) is 49.2 Å². The first-order chi connectivity index (χ1) is 47.5. The second-order valence-corrected chi connectivity index (χ2v) is 29.2. The predicted molar refractivity (Wildman–Crippen MR) is 366 cm³/mol. The fourth-order valence-corrected chi connectivity index (χ4v) is 19.2. The number of amides is 4. The maximum absolute atomic E-state index is 14.6. The van der Waals surface area contributed by atoms with Gasteiger partial charge in [-0.25, -0.2) is 13.9 Å². The lowest BCUT2D eigenvalue weighted by Gasteiger charge is -2.39. The van der Waals surface area contributed by atoms with Crippen molar-refractivity contribution >= 4 is 58.1 Å². The zero-order chi connectivity index (χ0) is 65.3. The van der Waals surface area contributed by atoms with Gasteiger partial charge in [0, 0.05) is 168 Å². The third kappa shape index (κ3) is 10.0. The summed E-state index contributed by atoms with van der Waals surface area (Å²) in [7, 11) is 0. The van der Waals surface area contributed by atoms with Gasteiger partial charge < -0.3 is 39.0 Å². The summed E-state index contributed by atoms with van der Waals surface area (Å²) in [6.45, 7) is 10.5. The number of likely N-dealkylation sites (tertiary alicyclic amines) is 2. The number of carboxylic acid groups (broad SMARTS) is 1. The topological polar surface area (TPSA) is 173 Å². The van der Waals surface area contributed by atoms with Crippen molar-refractivity contribution in [2.24, 2.45) is 11.8 Å². The van der Waals surface area contributed by atoms with E-state index < -0.39 is 29.7 Å². The predicted octanol–water partition coefficient (Wildman–Crippen LogP) is 7.64. The number of carbonyl (C=O) groups is 6. The molecule has 0 aliphatic carbocycles. The third-order valence-corrected chi connectivity index (χ3v) is 23.7. The quantitative estimate of drug-likeness (QED) is 0.122. The maximum Gasteiger partial charge on any atom is 0.336 e. The van der Waals surface area contributed by atoms with Gasteiger partial charge in [0.25, 0.3) is 23.6 Å². The van der Waals surface area contributed by atoms with Crippen molar-refractivity contribution in [1.29, 1.82) is 0 Å². The molecule has 17 heteroatoms. The van der Waals surface area contributed by atoms with Crippen LogP contribution in [0.4, 0.5) is 11.4 Å². The Morgan fingerprint density at radius 2 is 0.835 bits per heavy atom. The number of anilines is 2. The third-order valence-electron chi connectivity index (χ3n) is 23.7. The number of hydroxylamine groups is 2. The molecule has 19 rings (SSSR count). The zero-order valence-corrected chi connectivity index (χ0v) is 55.4. The van der Waals surface area contributed by atoms with E-state index in [1.54, 1.807) is 0 Å². The van der Waals surface area contributed by atoms with Crippen LogP contribution in [0.5, 0.6) is 23.0 Å². The summed E-state index contributed by atoms with van der Waals surface area (Å²) in [6, 6.07) is 25.7. The molecule has 6 aromatic carbocycles. The lowest BCUT2D eigenvalue weighted by Crippen LogP contribution is -2.45. The highest BCUT2D eigenvalue weighted by Crippen LogP contribution is 2.51. The highest BCUT2D eigenvalue weighted by Gasteiger charge is 2.42. The number of carboxylic acids is 1. The van der Waals surface area contributed by atoms with Crippen LogP contribution in [0.2, 0.25) is 0 Å². The minimum Gasteiger partial charge on any atom is -0.481 e. The van der Waals surface area contributed by atoms with Gasteiger partial charge in [-0.05, 0) is 161 Å². The molecular formula is C80H83N7O10+2. The highest BCUT2D eigenvalue weighted by molar-refractivity contribution is 6.05. The zero-order valence-electron chi connectivity index (χ0n) is 55.4. The largest absolute Gasteiger partial charge is 0.481 e. The number of imide groups is 1. The molecule has 0 spiro atoms. The van der Waals surface area contributed by atoms with E-state index >= 15 is 0 Å². The second-order valence-electron chi connectivity index (χ2n) is 29.2. The van der Waals surface area contributed by atoms with Gasteiger partial charge >= 0.3 is 11.9 Å². The van der Waals surface area contributed by atoms with Gasteiger partial charge in [-0.2, -0.15) is 0 Å². The number of carbonyl (C=O) groups excluding carboxylic acids is 5. The smallest absolute Gasteiger partial charge is 0.336 e. The van der Waals surface area contributed by atoms with Gasteiger partial charge in [-0.1, -0.05) is 36.4 Å². The van der Waals surface area contributed by atoms with E-state index in [4.69, 9.17) is 14.3 Å². The maximum atomic E-state index is 14.6. The number of aryl methyl sites for hydroxylation is 4. The molecule has 97 heavy (non-hydrogen) atoms. The summed E-state index contributed by atoms with van der Waals surface area (Å²) in [4.78, 5) is 91.6. The molecular weight excluding hydrogens is 1220 g/mol. The summed E-state index contributed by atoms with van der Waals surface area (Å²) >= 11 is 0. The van der Waals surface area contributed by atoms with Crippen LogP contribution in [0.3, 0.4) is 0 Å². The van der Waals surface area contributed by atoms with E-state index in [-0.39, 0.29) is 30.6 Å². The van der Waals surface area contributed by atoms with Crippen LogP contribution in [0.1, 0.15) is 177 Å². The number of piperidine rings is 2. The highest BCUT2D eigenvalue weighted by atomic mass is 16.7. The summed E-state index contributed by atoms with van der Waals surface area (Å²) in [6.07, 6.45) is 19.1. The standard InChI is InChI=1S/C42H43N4O6.C38H39N3O4/c47-34-13-14-35(48)46(34)52-42(50)25-15-21-45(22-16-25)41(49)29-10-2-1-9-28(29)36-32-23-26-7-3-17-43-19-5-11-30(37(26)43)39(32)51-40-31-12-6-20-44-18-4-8-27(38(31)44)24-33(36)40;42-37(41-19-13-23(14-20-41)38(43)44)27-10-2-1-9-26(27)32-30-21-24-7-3-15-39-17-5-11-28(33(24)39)35(30)45-36-29-12-6-18-40-16-4-8-25(34(29)40)22-31(32)36/h1-2,9-10,23-25H,3-8,11-22H2;1-2,9-10,21-23H,3-8,11-20H2/q+1;/p+1. The fraction of sp³-hybridized carbons (Fsp3) is 0.450. The van der Waals surface area contributed by atoms with E-state index in [1.165, 1.54) is 66.6 Å². The summed E-state index contributed by atoms with van der Waals surface area (Å²) in [5.74, 6) is 0.672. The van der Waals surface area contributed by atoms with Crippen LogP contribution in [0.15, 0.2) is 72.8 Å². The Bertz CT molecular complexity index is 4720. The summed E-state index contributed by atoms with van der Waals surface area (Å²) < 4.78 is 19.6. The summed E-state index contributed by atoms with van der Waals surface area (Å²) in [5, 5.41) is 15.1. The Balaban J connectivity index is 0.000000142. The van der Waals surface area contributed by atoms with Crippen molar-refractivity contribution in [3.63, 3.8) is 0 Å². The van der Waals surface area contributed by atoms with Crippen molar-refractivity contribution in [3.05, 3.63) is 172 Å². The minimum absolute atomic E-state index is 0.00696. The van der Waals surface area contributed by atoms with E-state index in [2.05, 4.69) is 61.4 Å². The molecule has 0 radical (unpaired) electrons. The van der Waals surface area contributed by atoms with Crippen LogP contribution in [0.25, 0.3) is 11.1 Å². The van der Waals surface area contributed by atoms with Crippen LogP contribution >= 0.6 is 0 Å². The molecule has 13 aliphatic heterocycles. The first-order valence-corrected chi connectivity index (χ1v) is 36.4. The molecule has 496 valence electrons. The average molecular weight is 1300 g/mol. The van der Waals surface area contributed by atoms with Crippen molar-refractivity contribution in [1.82, 2.24) is 24.0 Å². The number of fused-ring (bicyclic) bond motifs is 8. The molecule has 3 fully saturated rings. The first-order valence-electron chi connectivity index (χ1n) is 36.4. The monoisotopic (exact) mass is 1300 g/mol. The Kier molecular flexibility index (Phi) is 15.0. The molecule has 4 amide bonds. The van der Waals surface area contributed by atoms with Gasteiger partial charge in [-0.15, -0.1) is 5.06 Å². The molecule has 0 atom stereocenters. The van der Waals surface area contributed by atoms with Crippen LogP contribution in [-0.2, 0) is 75.4 Å². The molecule has 1 N–H and O–H groups in total. The van der Waals surface area contributed by atoms with Crippen molar-refractivity contribution < 1.29 is 48.2 Å². The Labute approximate surface area is 563 Å². The lowest BCUT2D eigenvalue weighted by atomic mass is 9.81. The molecule has 13 aliphatic rings. The molecule has 0 saturated carbocycles.